The zero-order valence-corrected chi connectivity index (χ0v) is 14.2. The molecule has 3 heteroatoms. The maximum Gasteiger partial charge on any atom is 0.180 e. The summed E-state index contributed by atoms with van der Waals surface area (Å²) in [6, 6.07) is 9.92. The van der Waals surface area contributed by atoms with E-state index in [0.717, 1.165) is 41.5 Å². The Balaban J connectivity index is 1.96. The Labute approximate surface area is 138 Å². The van der Waals surface area contributed by atoms with Crippen LogP contribution in [0.2, 0.25) is 0 Å². The monoisotopic (exact) mass is 311 g/mol. The second kappa shape index (κ2) is 6.71. The Morgan fingerprint density at radius 2 is 2.04 bits per heavy atom. The molecule has 0 bridgehead atoms. The van der Waals surface area contributed by atoms with Crippen LogP contribution < -0.4 is 10.1 Å². The number of hydrogen-bond acceptors (Lipinski definition) is 3. The highest BCUT2D eigenvalue weighted by atomic mass is 16.5. The Kier molecular flexibility index (Phi) is 4.67. The van der Waals surface area contributed by atoms with Crippen LogP contribution in [-0.4, -0.2) is 25.5 Å². The first-order valence-electron chi connectivity index (χ1n) is 8.49. The van der Waals surface area contributed by atoms with Crippen molar-refractivity contribution in [3.8, 4) is 5.75 Å². The average molecular weight is 311 g/mol. The van der Waals surface area contributed by atoms with Crippen molar-refractivity contribution in [3.63, 3.8) is 0 Å². The predicted molar refractivity (Wildman–Crippen MR) is 94.4 cm³/mol. The van der Waals surface area contributed by atoms with Crippen LogP contribution in [0.1, 0.15) is 42.1 Å². The summed E-state index contributed by atoms with van der Waals surface area (Å²) in [6.07, 6.45) is 3.24. The summed E-state index contributed by atoms with van der Waals surface area (Å²) in [4.78, 5) is 13.0. The molecule has 1 heterocycles. The first kappa shape index (κ1) is 16.0. The van der Waals surface area contributed by atoms with Gasteiger partial charge in [-0.05, 0) is 60.7 Å². The number of rotatable bonds is 4. The fraction of sp³-hybridized carbons (Fsp3) is 0.450. The summed E-state index contributed by atoms with van der Waals surface area (Å²) in [5.41, 5.74) is 1.99. The van der Waals surface area contributed by atoms with E-state index in [2.05, 4.69) is 19.2 Å². The van der Waals surface area contributed by atoms with E-state index in [-0.39, 0.29) is 11.8 Å². The van der Waals surface area contributed by atoms with Crippen molar-refractivity contribution in [2.45, 2.75) is 39.2 Å². The molecular formula is C20H25NO2. The minimum absolute atomic E-state index is 0.0603. The van der Waals surface area contributed by atoms with Crippen LogP contribution >= 0.6 is 0 Å². The molecule has 3 rings (SSSR count). The lowest BCUT2D eigenvalue weighted by molar-refractivity contribution is 0.0916. The number of Topliss-reactive ketones (excluding diaryl/α,β-unsaturated/α-hetero) is 1. The van der Waals surface area contributed by atoms with Crippen molar-refractivity contribution in [1.82, 2.24) is 5.32 Å². The van der Waals surface area contributed by atoms with Gasteiger partial charge < -0.3 is 10.1 Å². The summed E-state index contributed by atoms with van der Waals surface area (Å²) in [7, 11) is 1.66. The van der Waals surface area contributed by atoms with Crippen molar-refractivity contribution in [2.24, 2.45) is 5.92 Å². The maximum absolute atomic E-state index is 13.0. The molecule has 0 amide bonds. The Morgan fingerprint density at radius 3 is 2.70 bits per heavy atom. The van der Waals surface area contributed by atoms with E-state index >= 15 is 0 Å². The molecule has 122 valence electrons. The van der Waals surface area contributed by atoms with Crippen molar-refractivity contribution in [1.29, 1.82) is 0 Å². The fourth-order valence-corrected chi connectivity index (χ4v) is 3.50. The lowest BCUT2D eigenvalue weighted by atomic mass is 9.87. The Hall–Kier alpha value is -1.87. The molecule has 2 aromatic carbocycles. The molecule has 0 radical (unpaired) electrons. The largest absolute Gasteiger partial charge is 0.497 e. The molecule has 1 saturated heterocycles. The summed E-state index contributed by atoms with van der Waals surface area (Å²) >= 11 is 0. The third-order valence-corrected chi connectivity index (χ3v) is 5.12. The SMILES string of the molecule is CCC1CCC(C(=O)c2ccc(C)c3ccc(OC)cc23)NC1. The molecule has 2 atom stereocenters. The zero-order chi connectivity index (χ0) is 16.4. The summed E-state index contributed by atoms with van der Waals surface area (Å²) in [5, 5.41) is 5.56. The van der Waals surface area contributed by atoms with Gasteiger partial charge in [0, 0.05) is 5.56 Å². The molecule has 0 saturated carbocycles. The highest BCUT2D eigenvalue weighted by Gasteiger charge is 2.26. The minimum atomic E-state index is -0.0603. The Morgan fingerprint density at radius 1 is 1.22 bits per heavy atom. The molecule has 1 N–H and O–H groups in total. The van der Waals surface area contributed by atoms with Gasteiger partial charge in [-0.25, -0.2) is 0 Å². The number of hydrogen-bond donors (Lipinski definition) is 1. The number of nitrogens with one attached hydrogen (secondary N) is 1. The van der Waals surface area contributed by atoms with Crippen molar-refractivity contribution in [3.05, 3.63) is 41.5 Å². The van der Waals surface area contributed by atoms with Gasteiger partial charge in [0.25, 0.3) is 0 Å². The van der Waals surface area contributed by atoms with Gasteiger partial charge in [0.15, 0.2) is 5.78 Å². The third-order valence-electron chi connectivity index (χ3n) is 5.12. The van der Waals surface area contributed by atoms with Gasteiger partial charge >= 0.3 is 0 Å². The molecule has 23 heavy (non-hydrogen) atoms. The molecule has 1 aliphatic rings. The normalized spacial score (nSPS) is 21.3. The number of ketones is 1. The van der Waals surface area contributed by atoms with Crippen LogP contribution in [0.3, 0.4) is 0 Å². The van der Waals surface area contributed by atoms with Gasteiger partial charge in [0.05, 0.1) is 13.2 Å². The highest BCUT2D eigenvalue weighted by molar-refractivity contribution is 6.11. The van der Waals surface area contributed by atoms with Gasteiger partial charge in [-0.2, -0.15) is 0 Å². The topological polar surface area (TPSA) is 38.3 Å². The standard InChI is InChI=1S/C20H25NO2/c1-4-14-6-10-19(21-12-14)20(22)17-8-5-13(2)16-9-7-15(23-3)11-18(16)17/h5,7-9,11,14,19,21H,4,6,10,12H2,1-3H3. The number of aryl methyl sites for hydroxylation is 1. The zero-order valence-electron chi connectivity index (χ0n) is 14.2. The number of ether oxygens (including phenoxy) is 1. The van der Waals surface area contributed by atoms with Gasteiger partial charge in [-0.15, -0.1) is 0 Å². The first-order chi connectivity index (χ1) is 11.1. The number of fused-ring (bicyclic) bond motifs is 1. The average Bonchev–Trinajstić information content (AvgIpc) is 2.61. The number of carbonyl (C=O) groups is 1. The molecule has 0 aromatic heterocycles. The number of benzene rings is 2. The van der Waals surface area contributed by atoms with Crippen LogP contribution in [0.15, 0.2) is 30.3 Å². The molecule has 0 spiro atoms. The van der Waals surface area contributed by atoms with Gasteiger partial charge in [-0.1, -0.05) is 31.5 Å². The maximum atomic E-state index is 13.0. The van der Waals surface area contributed by atoms with E-state index in [0.29, 0.717) is 5.92 Å². The quantitative estimate of drug-likeness (QED) is 0.863. The van der Waals surface area contributed by atoms with Crippen molar-refractivity contribution >= 4 is 16.6 Å². The summed E-state index contributed by atoms with van der Waals surface area (Å²) in [6.45, 7) is 5.24. The van der Waals surface area contributed by atoms with Crippen LogP contribution in [-0.2, 0) is 0 Å². The molecule has 1 aliphatic heterocycles. The minimum Gasteiger partial charge on any atom is -0.497 e. The molecular weight excluding hydrogens is 286 g/mol. The second-order valence-corrected chi connectivity index (χ2v) is 6.52. The van der Waals surface area contributed by atoms with E-state index in [1.807, 2.05) is 30.3 Å². The van der Waals surface area contributed by atoms with E-state index < -0.39 is 0 Å². The summed E-state index contributed by atoms with van der Waals surface area (Å²) < 4.78 is 5.34. The lowest BCUT2D eigenvalue weighted by Crippen LogP contribution is -2.43. The van der Waals surface area contributed by atoms with Crippen LogP contribution in [0.5, 0.6) is 5.75 Å². The molecule has 2 aromatic rings. The van der Waals surface area contributed by atoms with Crippen molar-refractivity contribution < 1.29 is 9.53 Å². The molecule has 0 aliphatic carbocycles. The number of piperidine rings is 1. The Bertz CT molecular complexity index is 715. The van der Waals surface area contributed by atoms with E-state index in [9.17, 15) is 4.79 Å². The predicted octanol–water partition coefficient (Wildman–Crippen LogP) is 4.12. The number of methoxy groups -OCH3 is 1. The van der Waals surface area contributed by atoms with Gasteiger partial charge in [-0.3, -0.25) is 4.79 Å². The van der Waals surface area contributed by atoms with Crippen LogP contribution in [0, 0.1) is 12.8 Å². The number of carbonyl (C=O) groups excluding carboxylic acids is 1. The van der Waals surface area contributed by atoms with Crippen LogP contribution in [0.25, 0.3) is 10.8 Å². The van der Waals surface area contributed by atoms with Gasteiger partial charge in [0.2, 0.25) is 0 Å². The third kappa shape index (κ3) is 3.11. The molecule has 3 nitrogen and oxygen atoms in total. The highest BCUT2D eigenvalue weighted by Crippen LogP contribution is 2.29. The van der Waals surface area contributed by atoms with Gasteiger partial charge in [0.1, 0.15) is 5.75 Å². The first-order valence-corrected chi connectivity index (χ1v) is 8.49. The van der Waals surface area contributed by atoms with E-state index in [4.69, 9.17) is 4.74 Å². The van der Waals surface area contributed by atoms with E-state index in [1.54, 1.807) is 7.11 Å². The molecule has 1 fully saturated rings. The smallest absolute Gasteiger partial charge is 0.180 e. The van der Waals surface area contributed by atoms with E-state index in [1.165, 1.54) is 12.0 Å². The van der Waals surface area contributed by atoms with Crippen LogP contribution in [0.4, 0.5) is 0 Å². The fourth-order valence-electron chi connectivity index (χ4n) is 3.50. The van der Waals surface area contributed by atoms with Crippen molar-refractivity contribution in [2.75, 3.05) is 13.7 Å². The lowest BCUT2D eigenvalue weighted by Gasteiger charge is -2.28. The second-order valence-electron chi connectivity index (χ2n) is 6.52. The molecule has 2 unspecified atom stereocenters. The summed E-state index contributed by atoms with van der Waals surface area (Å²) in [5.74, 6) is 1.70.